The van der Waals surface area contributed by atoms with Crippen LogP contribution in [0, 0.1) is 19.8 Å². The number of rotatable bonds is 3. The Morgan fingerprint density at radius 1 is 0.900 bits per heavy atom. The molecular weight excluding hydrogens is 493 g/mol. The van der Waals surface area contributed by atoms with Gasteiger partial charge in [-0.25, -0.2) is 4.90 Å². The molecule has 1 unspecified atom stereocenters. The molecule has 2 bridgehead atoms. The zero-order valence-electron chi connectivity index (χ0n) is 17.2. The van der Waals surface area contributed by atoms with Crippen molar-refractivity contribution in [3.8, 4) is 11.1 Å². The Balaban J connectivity index is 1.83. The maximum Gasteiger partial charge on any atom is 0.309 e. The van der Waals surface area contributed by atoms with E-state index in [1.54, 1.807) is 20.8 Å². The number of fused-ring (bicyclic) bond motifs is 2. The first-order valence-corrected chi connectivity index (χ1v) is 11.0. The van der Waals surface area contributed by atoms with E-state index in [4.69, 9.17) is 0 Å². The predicted molar refractivity (Wildman–Crippen MR) is 123 cm³/mol. The van der Waals surface area contributed by atoms with E-state index in [0.717, 1.165) is 14.7 Å². The number of hydrogen-bond acceptors (Lipinski definition) is 3. The van der Waals surface area contributed by atoms with Crippen LogP contribution in [0.3, 0.4) is 0 Å². The zero-order chi connectivity index (χ0) is 21.9. The number of nitrogens with zero attached hydrogens (tertiary/aromatic N) is 1. The van der Waals surface area contributed by atoms with Crippen LogP contribution in [0.25, 0.3) is 11.1 Å². The molecule has 30 heavy (non-hydrogen) atoms. The molecule has 0 aromatic heterocycles. The second kappa shape index (κ2) is 6.90. The fourth-order valence-electron chi connectivity index (χ4n) is 5.57. The minimum Gasteiger partial charge on any atom is -0.481 e. The second-order valence-corrected chi connectivity index (χ2v) is 10.7. The van der Waals surface area contributed by atoms with Crippen molar-refractivity contribution in [3.63, 3.8) is 0 Å². The van der Waals surface area contributed by atoms with Gasteiger partial charge < -0.3 is 5.11 Å². The van der Waals surface area contributed by atoms with Crippen molar-refractivity contribution in [2.45, 2.75) is 40.0 Å². The molecule has 1 saturated heterocycles. The predicted octanol–water partition coefficient (Wildman–Crippen LogP) is 5.12. The molecule has 1 aliphatic carbocycles. The fourth-order valence-corrected chi connectivity index (χ4v) is 6.15. The molecule has 1 aliphatic heterocycles. The largest absolute Gasteiger partial charge is 0.481 e. The summed E-state index contributed by atoms with van der Waals surface area (Å²) in [6, 6.07) is 15.6. The highest BCUT2D eigenvalue weighted by atomic mass is 127. The van der Waals surface area contributed by atoms with Crippen molar-refractivity contribution in [3.05, 3.63) is 52.1 Å². The van der Waals surface area contributed by atoms with Crippen molar-refractivity contribution in [2.24, 2.45) is 16.2 Å². The molecule has 6 heteroatoms. The smallest absolute Gasteiger partial charge is 0.309 e. The lowest BCUT2D eigenvalue weighted by Crippen LogP contribution is -2.64. The van der Waals surface area contributed by atoms with Crippen molar-refractivity contribution in [2.75, 3.05) is 4.90 Å². The van der Waals surface area contributed by atoms with Gasteiger partial charge in [-0.2, -0.15) is 0 Å². The van der Waals surface area contributed by atoms with Crippen LogP contribution in [0.5, 0.6) is 0 Å². The number of carboxylic acid groups (broad SMARTS) is 1. The molecule has 1 N–H and O–H groups in total. The Bertz CT molecular complexity index is 1040. The summed E-state index contributed by atoms with van der Waals surface area (Å²) in [4.78, 5) is 40.6. The number of anilines is 1. The van der Waals surface area contributed by atoms with Crippen LogP contribution in [0.15, 0.2) is 48.5 Å². The molecule has 2 amide bonds. The Hall–Kier alpha value is -2.22. The number of carbonyl (C=O) groups is 3. The molecule has 0 spiro atoms. The van der Waals surface area contributed by atoms with E-state index < -0.39 is 22.2 Å². The van der Waals surface area contributed by atoms with E-state index in [0.29, 0.717) is 12.1 Å². The number of piperidine rings is 1. The van der Waals surface area contributed by atoms with Gasteiger partial charge in [-0.1, -0.05) is 50.2 Å². The monoisotopic (exact) mass is 517 g/mol. The van der Waals surface area contributed by atoms with Crippen molar-refractivity contribution in [1.29, 1.82) is 0 Å². The molecule has 0 radical (unpaired) electrons. The van der Waals surface area contributed by atoms with E-state index in [2.05, 4.69) is 22.6 Å². The number of halogens is 1. The van der Waals surface area contributed by atoms with E-state index in [1.165, 1.54) is 4.90 Å². The van der Waals surface area contributed by atoms with E-state index in [1.807, 2.05) is 48.5 Å². The molecule has 3 atom stereocenters. The van der Waals surface area contributed by atoms with Crippen LogP contribution < -0.4 is 4.90 Å². The summed E-state index contributed by atoms with van der Waals surface area (Å²) in [6.45, 7) is 5.27. The number of amides is 2. The van der Waals surface area contributed by atoms with Gasteiger partial charge in [0.1, 0.15) is 0 Å². The molecule has 2 aromatic rings. The fraction of sp³-hybridized carbons (Fsp3) is 0.375. The highest BCUT2D eigenvalue weighted by Crippen LogP contribution is 2.59. The first-order valence-electron chi connectivity index (χ1n) is 9.97. The third-order valence-corrected chi connectivity index (χ3v) is 7.50. The van der Waals surface area contributed by atoms with Gasteiger partial charge in [0.2, 0.25) is 11.8 Å². The van der Waals surface area contributed by atoms with Gasteiger partial charge >= 0.3 is 5.97 Å². The van der Waals surface area contributed by atoms with Gasteiger partial charge in [0, 0.05) is 14.4 Å². The summed E-state index contributed by atoms with van der Waals surface area (Å²) in [5.74, 6) is -1.56. The molecule has 4 rings (SSSR count). The summed E-state index contributed by atoms with van der Waals surface area (Å²) in [5.41, 5.74) is -0.406. The molecule has 5 nitrogen and oxygen atoms in total. The molecule has 156 valence electrons. The Morgan fingerprint density at radius 2 is 1.47 bits per heavy atom. The van der Waals surface area contributed by atoms with Crippen molar-refractivity contribution < 1.29 is 19.5 Å². The molecular formula is C24H24INO4. The first kappa shape index (κ1) is 21.0. The van der Waals surface area contributed by atoms with Crippen LogP contribution in [0.2, 0.25) is 0 Å². The minimum absolute atomic E-state index is 0.225. The average molecular weight is 517 g/mol. The SMILES string of the molecule is CC1(C(=O)O)C[C@@]2(C)C[C@@](C)(C1)C(=O)N(c1cc(-c3ccccc3)ccc1I)C2=O. The summed E-state index contributed by atoms with van der Waals surface area (Å²) in [6.07, 6.45) is 0.830. The normalized spacial score (nSPS) is 31.0. The van der Waals surface area contributed by atoms with E-state index >= 15 is 0 Å². The van der Waals surface area contributed by atoms with Gasteiger partial charge in [0.05, 0.1) is 11.1 Å². The van der Waals surface area contributed by atoms with Gasteiger partial charge in [-0.3, -0.25) is 14.4 Å². The summed E-state index contributed by atoms with van der Waals surface area (Å²) in [7, 11) is 0. The number of hydrogen-bond donors (Lipinski definition) is 1. The van der Waals surface area contributed by atoms with Gasteiger partial charge in [0.15, 0.2) is 0 Å². The maximum atomic E-state index is 13.6. The minimum atomic E-state index is -1.10. The summed E-state index contributed by atoms with van der Waals surface area (Å²) >= 11 is 2.15. The summed E-state index contributed by atoms with van der Waals surface area (Å²) in [5, 5.41) is 9.81. The topological polar surface area (TPSA) is 74.7 Å². The third kappa shape index (κ3) is 3.16. The average Bonchev–Trinajstić information content (AvgIpc) is 2.68. The van der Waals surface area contributed by atoms with Gasteiger partial charge in [0.25, 0.3) is 0 Å². The third-order valence-electron chi connectivity index (χ3n) is 6.59. The highest BCUT2D eigenvalue weighted by Gasteiger charge is 2.63. The van der Waals surface area contributed by atoms with E-state index in [9.17, 15) is 19.5 Å². The zero-order valence-corrected chi connectivity index (χ0v) is 19.4. The van der Waals surface area contributed by atoms with E-state index in [-0.39, 0.29) is 24.7 Å². The summed E-state index contributed by atoms with van der Waals surface area (Å²) < 4.78 is 0.808. The highest BCUT2D eigenvalue weighted by molar-refractivity contribution is 14.1. The number of benzene rings is 2. The molecule has 2 fully saturated rings. The number of aliphatic carboxylic acids is 1. The first-order chi connectivity index (χ1) is 14.0. The lowest BCUT2D eigenvalue weighted by molar-refractivity contribution is -0.167. The number of carbonyl (C=O) groups excluding carboxylic acids is 2. The van der Waals surface area contributed by atoms with Gasteiger partial charge in [-0.05, 0) is 72.0 Å². The lowest BCUT2D eigenvalue weighted by atomic mass is 9.52. The van der Waals surface area contributed by atoms with Crippen LogP contribution in [0.1, 0.15) is 40.0 Å². The van der Waals surface area contributed by atoms with Crippen molar-refractivity contribution >= 4 is 46.1 Å². The molecule has 2 aromatic carbocycles. The van der Waals surface area contributed by atoms with Crippen molar-refractivity contribution in [1.82, 2.24) is 0 Å². The van der Waals surface area contributed by atoms with Crippen LogP contribution in [-0.2, 0) is 14.4 Å². The molecule has 1 saturated carbocycles. The second-order valence-electron chi connectivity index (χ2n) is 9.50. The number of imide groups is 1. The van der Waals surface area contributed by atoms with Crippen LogP contribution >= 0.6 is 22.6 Å². The quantitative estimate of drug-likeness (QED) is 0.453. The van der Waals surface area contributed by atoms with Crippen LogP contribution in [-0.4, -0.2) is 22.9 Å². The Labute approximate surface area is 189 Å². The molecule has 2 aliphatic rings. The van der Waals surface area contributed by atoms with Crippen LogP contribution in [0.4, 0.5) is 5.69 Å². The lowest BCUT2D eigenvalue weighted by Gasteiger charge is -2.55. The Morgan fingerprint density at radius 3 is 2.00 bits per heavy atom. The Kier molecular flexibility index (Phi) is 4.84. The number of carboxylic acids is 1. The molecule has 1 heterocycles. The van der Waals surface area contributed by atoms with Gasteiger partial charge in [-0.15, -0.1) is 0 Å². The standard InChI is InChI=1S/C24H24INO4/c1-22-12-23(2,14-24(3,13-22)21(29)30)20(28)26(19(22)27)18-11-16(9-10-17(18)25)15-7-5-4-6-8-15/h4-11H,12-14H2,1-3H3,(H,29,30)/t22-,23+,24?. The maximum absolute atomic E-state index is 13.6.